The molecule has 1 aliphatic rings. The molecule has 0 aliphatic carbocycles. The quantitative estimate of drug-likeness (QED) is 0.350. The Balaban J connectivity index is 1.36. The zero-order valence-electron chi connectivity index (χ0n) is 17.7. The molecule has 35 heavy (non-hydrogen) atoms. The second-order valence-corrected chi connectivity index (χ2v) is 9.53. The highest BCUT2D eigenvalue weighted by Gasteiger charge is 2.17. The first-order chi connectivity index (χ1) is 17.0. The molecular formula is C24H13Cl2N3O5S. The van der Waals surface area contributed by atoms with E-state index in [0.717, 1.165) is 21.3 Å². The average molecular weight is 526 g/mol. The Morgan fingerprint density at radius 1 is 0.971 bits per heavy atom. The van der Waals surface area contributed by atoms with Crippen LogP contribution in [-0.4, -0.2) is 21.4 Å². The van der Waals surface area contributed by atoms with Crippen molar-refractivity contribution >= 4 is 45.6 Å². The summed E-state index contributed by atoms with van der Waals surface area (Å²) < 4.78 is 17.9. The van der Waals surface area contributed by atoms with Gasteiger partial charge >= 0.3 is 0 Å². The van der Waals surface area contributed by atoms with Crippen LogP contribution < -0.4 is 25.1 Å². The lowest BCUT2D eigenvalue weighted by Crippen LogP contribution is -2.33. The summed E-state index contributed by atoms with van der Waals surface area (Å²) in [6, 6.07) is 13.9. The van der Waals surface area contributed by atoms with Gasteiger partial charge in [0.15, 0.2) is 11.5 Å². The number of halogens is 2. The van der Waals surface area contributed by atoms with Crippen LogP contribution in [-0.2, 0) is 6.42 Å². The Hall–Kier alpha value is -3.66. The summed E-state index contributed by atoms with van der Waals surface area (Å²) in [4.78, 5) is 26.3. The molecule has 1 aliphatic heterocycles. The molecule has 0 radical (unpaired) electrons. The lowest BCUT2D eigenvalue weighted by Gasteiger charge is -2.02. The number of furan rings is 1. The fraction of sp³-hybridized carbons (Fsp3) is 0.0833. The number of hydrogen-bond donors (Lipinski definition) is 0. The molecule has 3 aromatic heterocycles. The lowest BCUT2D eigenvalue weighted by atomic mass is 10.1. The van der Waals surface area contributed by atoms with Crippen LogP contribution in [0.1, 0.15) is 17.0 Å². The van der Waals surface area contributed by atoms with Crippen molar-refractivity contribution < 1.29 is 13.9 Å². The molecule has 0 unspecified atom stereocenters. The van der Waals surface area contributed by atoms with Gasteiger partial charge in [-0.15, -0.1) is 10.2 Å². The predicted molar refractivity (Wildman–Crippen MR) is 132 cm³/mol. The Morgan fingerprint density at radius 2 is 1.83 bits per heavy atom. The van der Waals surface area contributed by atoms with Crippen molar-refractivity contribution in [2.45, 2.75) is 6.42 Å². The molecular weight excluding hydrogens is 513 g/mol. The van der Waals surface area contributed by atoms with Crippen molar-refractivity contribution in [3.63, 3.8) is 0 Å². The Morgan fingerprint density at radius 3 is 2.69 bits per heavy atom. The van der Waals surface area contributed by atoms with Crippen LogP contribution >= 0.6 is 34.5 Å². The highest BCUT2D eigenvalue weighted by atomic mass is 35.5. The van der Waals surface area contributed by atoms with E-state index in [1.54, 1.807) is 48.5 Å². The number of fused-ring (bicyclic) bond motifs is 2. The van der Waals surface area contributed by atoms with E-state index < -0.39 is 11.1 Å². The van der Waals surface area contributed by atoms with E-state index in [2.05, 4.69) is 10.2 Å². The van der Waals surface area contributed by atoms with Crippen molar-refractivity contribution in [2.75, 3.05) is 6.79 Å². The van der Waals surface area contributed by atoms with Crippen LogP contribution in [0.2, 0.25) is 10.0 Å². The molecule has 5 aromatic rings. The van der Waals surface area contributed by atoms with E-state index in [1.165, 1.54) is 0 Å². The Labute approximate surface area is 210 Å². The van der Waals surface area contributed by atoms with Gasteiger partial charge in [-0.1, -0.05) is 40.6 Å². The molecule has 6 rings (SSSR count). The van der Waals surface area contributed by atoms with Gasteiger partial charge in [0.25, 0.3) is 11.1 Å². The summed E-state index contributed by atoms with van der Waals surface area (Å²) >= 11 is 13.3. The SMILES string of the molecule is O=c1c(Cc2ccc3c(c2)OCO3)nnc2s/c(=C\c3ccc(-c4ccc(Cl)cc4Cl)o3)c(=O)n12. The molecule has 11 heteroatoms. The van der Waals surface area contributed by atoms with E-state index in [4.69, 9.17) is 37.1 Å². The van der Waals surface area contributed by atoms with Crippen LogP contribution in [0.5, 0.6) is 11.5 Å². The smallest absolute Gasteiger partial charge is 0.283 e. The number of hydrogen-bond acceptors (Lipinski definition) is 8. The third-order valence-corrected chi connectivity index (χ3v) is 6.92. The number of benzene rings is 2. The maximum atomic E-state index is 13.1. The summed E-state index contributed by atoms with van der Waals surface area (Å²) in [5.74, 6) is 2.20. The Bertz CT molecular complexity index is 1790. The van der Waals surface area contributed by atoms with Crippen molar-refractivity contribution in [1.82, 2.24) is 14.6 Å². The monoisotopic (exact) mass is 525 g/mol. The minimum Gasteiger partial charge on any atom is -0.457 e. The molecule has 2 aromatic carbocycles. The van der Waals surface area contributed by atoms with Crippen LogP contribution in [0.3, 0.4) is 0 Å². The molecule has 0 saturated carbocycles. The van der Waals surface area contributed by atoms with Gasteiger partial charge in [-0.2, -0.15) is 0 Å². The van der Waals surface area contributed by atoms with Crippen LogP contribution in [0.25, 0.3) is 22.4 Å². The van der Waals surface area contributed by atoms with Crippen molar-refractivity contribution in [2.24, 2.45) is 0 Å². The molecule has 0 spiro atoms. The van der Waals surface area contributed by atoms with Crippen molar-refractivity contribution in [3.8, 4) is 22.8 Å². The van der Waals surface area contributed by atoms with E-state index >= 15 is 0 Å². The lowest BCUT2D eigenvalue weighted by molar-refractivity contribution is 0.174. The van der Waals surface area contributed by atoms with Crippen LogP contribution in [0, 0.1) is 0 Å². The van der Waals surface area contributed by atoms with Crippen molar-refractivity contribution in [3.05, 3.63) is 101 Å². The molecule has 0 fully saturated rings. The summed E-state index contributed by atoms with van der Waals surface area (Å²) in [7, 11) is 0. The predicted octanol–water partition coefficient (Wildman–Crippen LogP) is 3.95. The van der Waals surface area contributed by atoms with Crippen molar-refractivity contribution in [1.29, 1.82) is 0 Å². The number of ether oxygens (including phenoxy) is 2. The summed E-state index contributed by atoms with van der Waals surface area (Å²) in [6.07, 6.45) is 1.76. The van der Waals surface area contributed by atoms with E-state index in [0.29, 0.717) is 43.2 Å². The summed E-state index contributed by atoms with van der Waals surface area (Å²) in [5, 5.41) is 9.13. The zero-order valence-corrected chi connectivity index (χ0v) is 20.0. The number of aromatic nitrogens is 3. The van der Waals surface area contributed by atoms with E-state index in [9.17, 15) is 9.59 Å². The standard InChI is InChI=1S/C24H13Cl2N3O5S/c25-13-2-4-15(16(26)9-13)18-6-3-14(34-18)10-21-23(31)29-22(30)17(27-28-24(29)35-21)7-12-1-5-19-20(8-12)33-11-32-19/h1-6,8-10H,7,11H2/b21-10-. The molecule has 0 bridgehead atoms. The third kappa shape index (κ3) is 3.97. The molecule has 0 amide bonds. The highest BCUT2D eigenvalue weighted by Crippen LogP contribution is 2.33. The molecule has 174 valence electrons. The maximum Gasteiger partial charge on any atom is 0.283 e. The maximum absolute atomic E-state index is 13.1. The molecule has 4 heterocycles. The summed E-state index contributed by atoms with van der Waals surface area (Å²) in [6.45, 7) is 0.158. The van der Waals surface area contributed by atoms with Gasteiger partial charge in [0.1, 0.15) is 21.7 Å². The fourth-order valence-corrected chi connectivity index (χ4v) is 5.13. The molecule has 0 atom stereocenters. The average Bonchev–Trinajstić information content (AvgIpc) is 3.56. The highest BCUT2D eigenvalue weighted by molar-refractivity contribution is 7.15. The van der Waals surface area contributed by atoms with Gasteiger partial charge in [-0.05, 0) is 48.0 Å². The Kier molecular flexibility index (Phi) is 5.32. The van der Waals surface area contributed by atoms with E-state index in [-0.39, 0.29) is 23.9 Å². The van der Waals surface area contributed by atoms with Gasteiger partial charge in [0, 0.05) is 23.1 Å². The first kappa shape index (κ1) is 21.8. The minimum absolute atomic E-state index is 0.153. The van der Waals surface area contributed by atoms with Gasteiger partial charge in [0.2, 0.25) is 11.8 Å². The summed E-state index contributed by atoms with van der Waals surface area (Å²) in [5.41, 5.74) is 0.616. The molecule has 8 nitrogen and oxygen atoms in total. The minimum atomic E-state index is -0.512. The topological polar surface area (TPSA) is 95.9 Å². The van der Waals surface area contributed by atoms with Crippen LogP contribution in [0.15, 0.2) is 62.5 Å². The molecule has 0 N–H and O–H groups in total. The van der Waals surface area contributed by atoms with Gasteiger partial charge in [0.05, 0.1) is 5.02 Å². The van der Waals surface area contributed by atoms with Gasteiger partial charge < -0.3 is 13.9 Å². The number of thiazole rings is 1. The van der Waals surface area contributed by atoms with E-state index in [1.807, 2.05) is 6.07 Å². The number of rotatable bonds is 4. The molecule has 0 saturated heterocycles. The fourth-order valence-electron chi connectivity index (χ4n) is 3.74. The second kappa shape index (κ2) is 8.53. The van der Waals surface area contributed by atoms with Crippen LogP contribution in [0.4, 0.5) is 0 Å². The normalized spacial score (nSPS) is 13.1. The second-order valence-electron chi connectivity index (χ2n) is 7.68. The first-order valence-corrected chi connectivity index (χ1v) is 11.9. The largest absolute Gasteiger partial charge is 0.457 e. The third-order valence-electron chi connectivity index (χ3n) is 5.42. The zero-order chi connectivity index (χ0) is 24.1. The van der Waals surface area contributed by atoms with Gasteiger partial charge in [-0.25, -0.2) is 4.40 Å². The first-order valence-electron chi connectivity index (χ1n) is 10.3. The number of nitrogens with zero attached hydrogens (tertiary/aromatic N) is 3. The van der Waals surface area contributed by atoms with Gasteiger partial charge in [-0.3, -0.25) is 9.59 Å².